The predicted octanol–water partition coefficient (Wildman–Crippen LogP) is 5.46. The molecule has 5 nitrogen and oxygen atoms in total. The summed E-state index contributed by atoms with van der Waals surface area (Å²) in [5, 5.41) is 3.67. The molecule has 5 rings (SSSR count). The highest BCUT2D eigenvalue weighted by Crippen LogP contribution is 2.39. The minimum absolute atomic E-state index is 0.0339. The number of fused-ring (bicyclic) bond motifs is 3. The first-order chi connectivity index (χ1) is 15.0. The minimum atomic E-state index is -0.254. The molecule has 2 aromatic carbocycles. The highest BCUT2D eigenvalue weighted by atomic mass is 32.1. The van der Waals surface area contributed by atoms with Crippen LogP contribution in [-0.2, 0) is 4.79 Å². The second-order valence-electron chi connectivity index (χ2n) is 8.16. The molecule has 0 unspecified atom stereocenters. The summed E-state index contributed by atoms with van der Waals surface area (Å²) in [6.07, 6.45) is 3.01. The van der Waals surface area contributed by atoms with Crippen molar-refractivity contribution in [3.05, 3.63) is 59.7 Å². The van der Waals surface area contributed by atoms with Crippen LogP contribution in [0.15, 0.2) is 42.7 Å². The van der Waals surface area contributed by atoms with Crippen molar-refractivity contribution in [3.8, 4) is 0 Å². The van der Waals surface area contributed by atoms with E-state index in [1.807, 2.05) is 38.1 Å². The third-order valence-electron chi connectivity index (χ3n) is 6.03. The van der Waals surface area contributed by atoms with Gasteiger partial charge in [0.05, 0.1) is 15.6 Å². The molecule has 7 heteroatoms. The Labute approximate surface area is 183 Å². The zero-order chi connectivity index (χ0) is 21.5. The number of hydrogen-bond acceptors (Lipinski definition) is 5. The van der Waals surface area contributed by atoms with Crippen LogP contribution in [0.25, 0.3) is 20.3 Å². The van der Waals surface area contributed by atoms with Crippen molar-refractivity contribution in [1.29, 1.82) is 0 Å². The minimum Gasteiger partial charge on any atom is -0.355 e. The van der Waals surface area contributed by atoms with Crippen LogP contribution in [0.1, 0.15) is 24.0 Å². The van der Waals surface area contributed by atoms with Gasteiger partial charge in [0.1, 0.15) is 18.0 Å². The number of piperidine rings is 1. The number of nitrogens with zero attached hydrogens (tertiary/aromatic N) is 3. The second kappa shape index (κ2) is 7.89. The number of nitrogens with one attached hydrogen (secondary N) is 1. The monoisotopic (exact) mass is 434 g/mol. The van der Waals surface area contributed by atoms with Crippen molar-refractivity contribution in [2.75, 3.05) is 23.3 Å². The van der Waals surface area contributed by atoms with E-state index < -0.39 is 0 Å². The molecule has 0 radical (unpaired) electrons. The summed E-state index contributed by atoms with van der Waals surface area (Å²) in [6.45, 7) is 5.49. The molecule has 0 atom stereocenters. The smallest absolute Gasteiger partial charge is 0.227 e. The summed E-state index contributed by atoms with van der Waals surface area (Å²) in [4.78, 5) is 23.9. The summed E-state index contributed by atoms with van der Waals surface area (Å²) in [5.41, 5.74) is 3.75. The molecule has 1 N–H and O–H groups in total. The normalized spacial score (nSPS) is 15.0. The first kappa shape index (κ1) is 19.9. The Morgan fingerprint density at radius 1 is 1.16 bits per heavy atom. The van der Waals surface area contributed by atoms with E-state index >= 15 is 0 Å². The number of amides is 1. The average Bonchev–Trinajstić information content (AvgIpc) is 3.16. The van der Waals surface area contributed by atoms with Gasteiger partial charge in [0.2, 0.25) is 5.91 Å². The van der Waals surface area contributed by atoms with Crippen molar-refractivity contribution < 1.29 is 9.18 Å². The summed E-state index contributed by atoms with van der Waals surface area (Å²) >= 11 is 1.52. The van der Waals surface area contributed by atoms with Crippen molar-refractivity contribution in [2.24, 2.45) is 5.92 Å². The summed E-state index contributed by atoms with van der Waals surface area (Å²) in [5.74, 6) is 0.618. The predicted molar refractivity (Wildman–Crippen MR) is 124 cm³/mol. The number of benzene rings is 2. The number of carbonyl (C=O) groups is 1. The van der Waals surface area contributed by atoms with Crippen molar-refractivity contribution in [2.45, 2.75) is 26.7 Å². The van der Waals surface area contributed by atoms with Gasteiger partial charge in [0.15, 0.2) is 0 Å². The third kappa shape index (κ3) is 3.63. The van der Waals surface area contributed by atoms with Crippen LogP contribution < -0.4 is 10.2 Å². The van der Waals surface area contributed by atoms with Gasteiger partial charge in [-0.1, -0.05) is 18.2 Å². The molecule has 0 aliphatic carbocycles. The van der Waals surface area contributed by atoms with Crippen LogP contribution in [-0.4, -0.2) is 29.0 Å². The molecule has 1 amide bonds. The van der Waals surface area contributed by atoms with Crippen molar-refractivity contribution >= 4 is 49.1 Å². The lowest BCUT2D eigenvalue weighted by atomic mass is 9.95. The van der Waals surface area contributed by atoms with Crippen molar-refractivity contribution in [3.63, 3.8) is 0 Å². The maximum atomic E-state index is 14.4. The Bertz CT molecular complexity index is 1290. The van der Waals surface area contributed by atoms with Gasteiger partial charge < -0.3 is 10.2 Å². The van der Waals surface area contributed by atoms with Gasteiger partial charge in [-0.25, -0.2) is 14.4 Å². The molecule has 1 aliphatic heterocycles. The van der Waals surface area contributed by atoms with Crippen LogP contribution in [0.3, 0.4) is 0 Å². The molecule has 2 aromatic heterocycles. The molecule has 3 heterocycles. The number of aryl methyl sites for hydroxylation is 2. The van der Waals surface area contributed by atoms with E-state index in [1.165, 1.54) is 23.7 Å². The fourth-order valence-electron chi connectivity index (χ4n) is 4.25. The van der Waals surface area contributed by atoms with E-state index in [0.717, 1.165) is 58.0 Å². The Morgan fingerprint density at radius 3 is 2.77 bits per heavy atom. The van der Waals surface area contributed by atoms with E-state index in [4.69, 9.17) is 0 Å². The van der Waals surface area contributed by atoms with Crippen LogP contribution in [0.2, 0.25) is 0 Å². The van der Waals surface area contributed by atoms with E-state index in [0.29, 0.717) is 10.9 Å². The van der Waals surface area contributed by atoms with E-state index in [2.05, 4.69) is 20.2 Å². The van der Waals surface area contributed by atoms with E-state index in [9.17, 15) is 9.18 Å². The van der Waals surface area contributed by atoms with Crippen LogP contribution >= 0.6 is 11.3 Å². The first-order valence-electron chi connectivity index (χ1n) is 10.5. The molecule has 0 saturated carbocycles. The van der Waals surface area contributed by atoms with Gasteiger partial charge in [-0.3, -0.25) is 4.79 Å². The highest BCUT2D eigenvalue weighted by Gasteiger charge is 2.27. The zero-order valence-corrected chi connectivity index (χ0v) is 18.3. The van der Waals surface area contributed by atoms with E-state index in [1.54, 1.807) is 6.07 Å². The summed E-state index contributed by atoms with van der Waals surface area (Å²) < 4.78 is 16.2. The zero-order valence-electron chi connectivity index (χ0n) is 17.5. The van der Waals surface area contributed by atoms with Gasteiger partial charge >= 0.3 is 0 Å². The Morgan fingerprint density at radius 2 is 1.97 bits per heavy atom. The summed E-state index contributed by atoms with van der Waals surface area (Å²) in [6, 6.07) is 11.2. The molecule has 1 fully saturated rings. The Balaban J connectivity index is 1.34. The third-order valence-corrected chi connectivity index (χ3v) is 7.17. The summed E-state index contributed by atoms with van der Waals surface area (Å²) in [7, 11) is 0. The van der Waals surface area contributed by atoms with Gasteiger partial charge in [0, 0.05) is 29.4 Å². The first-order valence-corrected chi connectivity index (χ1v) is 11.3. The highest BCUT2D eigenvalue weighted by molar-refractivity contribution is 7.26. The molecule has 158 valence electrons. The number of anilines is 2. The molecule has 1 saturated heterocycles. The van der Waals surface area contributed by atoms with Crippen LogP contribution in [0.4, 0.5) is 15.9 Å². The Kier molecular flexibility index (Phi) is 5.06. The van der Waals surface area contributed by atoms with Gasteiger partial charge in [-0.05, 0) is 56.0 Å². The topological polar surface area (TPSA) is 58.1 Å². The molecule has 0 spiro atoms. The number of carbonyl (C=O) groups excluding carboxylic acids is 1. The largest absolute Gasteiger partial charge is 0.355 e. The fourth-order valence-corrected chi connectivity index (χ4v) is 5.44. The number of halogens is 1. The molecular weight excluding hydrogens is 411 g/mol. The quantitative estimate of drug-likeness (QED) is 0.465. The number of thiophene rings is 1. The van der Waals surface area contributed by atoms with Gasteiger partial charge in [-0.2, -0.15) is 0 Å². The second-order valence-corrected chi connectivity index (χ2v) is 9.21. The van der Waals surface area contributed by atoms with Crippen LogP contribution in [0.5, 0.6) is 0 Å². The van der Waals surface area contributed by atoms with Gasteiger partial charge in [-0.15, -0.1) is 11.3 Å². The fraction of sp³-hybridized carbons (Fsp3) is 0.292. The lowest BCUT2D eigenvalue weighted by Crippen LogP contribution is -2.38. The molecular formula is C24H23FN4OS. The number of rotatable bonds is 3. The number of aromatic nitrogens is 2. The molecule has 0 bridgehead atoms. The van der Waals surface area contributed by atoms with Gasteiger partial charge in [0.25, 0.3) is 0 Å². The number of hydrogen-bond donors (Lipinski definition) is 1. The standard InChI is InChI=1S/C24H23FN4OS/c1-14-6-7-15(2)18(12-14)28-24(30)16-8-10-29(11-9-16)23-22-21(26-13-27-23)20-17(25)4-3-5-19(20)31-22/h3-7,12-13,16H,8-11H2,1-2H3,(H,28,30). The Hall–Kier alpha value is -3.06. The maximum Gasteiger partial charge on any atom is 0.227 e. The van der Waals surface area contributed by atoms with Crippen molar-refractivity contribution in [1.82, 2.24) is 9.97 Å². The lowest BCUT2D eigenvalue weighted by molar-refractivity contribution is -0.120. The van der Waals surface area contributed by atoms with E-state index in [-0.39, 0.29) is 17.6 Å². The molecule has 4 aromatic rings. The SMILES string of the molecule is Cc1ccc(C)c(NC(=O)C2CCN(c3ncnc4c3sc3cccc(F)c34)CC2)c1. The molecule has 31 heavy (non-hydrogen) atoms. The maximum absolute atomic E-state index is 14.4. The van der Waals surface area contributed by atoms with Crippen LogP contribution in [0, 0.1) is 25.6 Å². The molecule has 1 aliphatic rings. The lowest BCUT2D eigenvalue weighted by Gasteiger charge is -2.32. The average molecular weight is 435 g/mol.